The van der Waals surface area contributed by atoms with Crippen LogP contribution in [0.2, 0.25) is 0 Å². The molecule has 27 heavy (non-hydrogen) atoms. The van der Waals surface area contributed by atoms with Gasteiger partial charge in [-0.05, 0) is 25.1 Å². The van der Waals surface area contributed by atoms with Gasteiger partial charge in [-0.1, -0.05) is 46.3 Å². The molecule has 2 N–H and O–H groups in total. The van der Waals surface area contributed by atoms with Gasteiger partial charge < -0.3 is 10.2 Å². The Balaban J connectivity index is 2.12. The molecule has 0 aliphatic heterocycles. The third-order valence-corrected chi connectivity index (χ3v) is 5.19. The highest BCUT2D eigenvalue weighted by Gasteiger charge is 2.10. The summed E-state index contributed by atoms with van der Waals surface area (Å²) in [7, 11) is 0. The summed E-state index contributed by atoms with van der Waals surface area (Å²) in [6, 6.07) is 12.3. The number of hydrogen-bond acceptors (Lipinski definition) is 5. The van der Waals surface area contributed by atoms with Gasteiger partial charge in [0.2, 0.25) is 4.80 Å². The van der Waals surface area contributed by atoms with Crippen LogP contribution in [-0.4, -0.2) is 27.6 Å². The third kappa shape index (κ3) is 4.56. The van der Waals surface area contributed by atoms with Crippen LogP contribution in [0.5, 0.6) is 11.5 Å². The molecule has 7 heteroatoms. The summed E-state index contributed by atoms with van der Waals surface area (Å²) in [5.41, 5.74) is 3.31. The summed E-state index contributed by atoms with van der Waals surface area (Å²) in [6.45, 7) is 6.33. The van der Waals surface area contributed by atoms with Crippen molar-refractivity contribution in [2.24, 2.45) is 10.1 Å². The molecule has 3 rings (SSSR count). The fourth-order valence-electron chi connectivity index (χ4n) is 2.34. The summed E-state index contributed by atoms with van der Waals surface area (Å²) in [4.78, 5) is 5.30. The lowest BCUT2D eigenvalue weighted by atomic mass is 10.2. The Morgan fingerprint density at radius 3 is 2.74 bits per heavy atom. The number of rotatable bonds is 5. The highest BCUT2D eigenvalue weighted by molar-refractivity contribution is 9.10. The number of thiazole rings is 1. The van der Waals surface area contributed by atoms with E-state index in [1.807, 2.05) is 36.6 Å². The Kier molecular flexibility index (Phi) is 5.93. The van der Waals surface area contributed by atoms with Crippen molar-refractivity contribution in [3.05, 3.63) is 74.8 Å². The van der Waals surface area contributed by atoms with Gasteiger partial charge in [-0.2, -0.15) is 5.10 Å². The fourth-order valence-corrected chi connectivity index (χ4v) is 3.65. The number of nitrogens with zero attached hydrogens (tertiary/aromatic N) is 3. The van der Waals surface area contributed by atoms with E-state index in [0.29, 0.717) is 12.1 Å². The summed E-state index contributed by atoms with van der Waals surface area (Å²) in [6.07, 6.45) is 1.54. The van der Waals surface area contributed by atoms with Crippen LogP contribution in [0.25, 0.3) is 11.3 Å². The van der Waals surface area contributed by atoms with E-state index in [1.54, 1.807) is 17.0 Å². The standard InChI is InChI=1S/C20H18BrN3O2S/c1-13(2)10-22-20-24(23-11-14-7-8-15(25)9-19(14)26)18(12-27-20)16-5-3-4-6-17(16)21/h3-9,11-12,25-26H,1,10H2,2H3. The first-order chi connectivity index (χ1) is 13.0. The SMILES string of the molecule is C=C(C)CN=c1scc(-c2ccccc2Br)n1N=Cc1ccc(O)cc1O. The highest BCUT2D eigenvalue weighted by Crippen LogP contribution is 2.28. The molecule has 0 unspecified atom stereocenters. The molecule has 5 nitrogen and oxygen atoms in total. The van der Waals surface area contributed by atoms with Crippen LogP contribution in [0, 0.1) is 0 Å². The Morgan fingerprint density at radius 1 is 1.26 bits per heavy atom. The topological polar surface area (TPSA) is 70.1 Å². The molecule has 3 aromatic rings. The van der Waals surface area contributed by atoms with Gasteiger partial charge in [0.1, 0.15) is 11.5 Å². The zero-order valence-corrected chi connectivity index (χ0v) is 17.0. The molecule has 0 spiro atoms. The van der Waals surface area contributed by atoms with E-state index >= 15 is 0 Å². The van der Waals surface area contributed by atoms with E-state index < -0.39 is 0 Å². The van der Waals surface area contributed by atoms with Crippen molar-refractivity contribution in [1.29, 1.82) is 0 Å². The van der Waals surface area contributed by atoms with Crippen LogP contribution >= 0.6 is 27.3 Å². The second-order valence-corrected chi connectivity index (χ2v) is 7.65. The molecule has 0 aliphatic rings. The average molecular weight is 444 g/mol. The summed E-state index contributed by atoms with van der Waals surface area (Å²) < 4.78 is 2.69. The van der Waals surface area contributed by atoms with Crippen molar-refractivity contribution >= 4 is 33.5 Å². The smallest absolute Gasteiger partial charge is 0.206 e. The minimum Gasteiger partial charge on any atom is -0.508 e. The number of aromatic nitrogens is 1. The normalized spacial score (nSPS) is 12.0. The van der Waals surface area contributed by atoms with Crippen LogP contribution in [0.15, 0.2) is 74.6 Å². The number of aromatic hydroxyl groups is 2. The molecular formula is C20H18BrN3O2S. The predicted molar refractivity (Wildman–Crippen MR) is 113 cm³/mol. The molecular weight excluding hydrogens is 426 g/mol. The van der Waals surface area contributed by atoms with E-state index in [0.717, 1.165) is 26.1 Å². The minimum absolute atomic E-state index is 0.00103. The third-order valence-electron chi connectivity index (χ3n) is 3.65. The number of phenolic OH excluding ortho intramolecular Hbond substituents is 2. The van der Waals surface area contributed by atoms with Crippen LogP contribution in [-0.2, 0) is 0 Å². The molecule has 0 saturated heterocycles. The zero-order valence-electron chi connectivity index (χ0n) is 14.6. The first-order valence-electron chi connectivity index (χ1n) is 8.12. The van der Waals surface area contributed by atoms with Crippen molar-refractivity contribution in [1.82, 2.24) is 4.68 Å². The maximum Gasteiger partial charge on any atom is 0.206 e. The average Bonchev–Trinajstić information content (AvgIpc) is 3.02. The number of halogens is 1. The molecule has 0 amide bonds. The van der Waals surface area contributed by atoms with Crippen molar-refractivity contribution in [2.45, 2.75) is 6.92 Å². The molecule has 0 atom stereocenters. The second kappa shape index (κ2) is 8.37. The molecule has 1 heterocycles. The van der Waals surface area contributed by atoms with Gasteiger partial charge in [-0.15, -0.1) is 11.3 Å². The summed E-state index contributed by atoms with van der Waals surface area (Å²) >= 11 is 5.06. The Labute approximate surface area is 169 Å². The van der Waals surface area contributed by atoms with Crippen LogP contribution in [0.3, 0.4) is 0 Å². The molecule has 0 fully saturated rings. The second-order valence-electron chi connectivity index (χ2n) is 5.96. The first kappa shape index (κ1) is 19.1. The van der Waals surface area contributed by atoms with E-state index in [1.165, 1.54) is 23.5 Å². The number of benzene rings is 2. The zero-order chi connectivity index (χ0) is 19.4. The van der Waals surface area contributed by atoms with E-state index in [2.05, 4.69) is 32.6 Å². The number of phenols is 2. The van der Waals surface area contributed by atoms with Crippen molar-refractivity contribution in [3.8, 4) is 22.8 Å². The quantitative estimate of drug-likeness (QED) is 0.441. The van der Waals surface area contributed by atoms with Crippen LogP contribution in [0.1, 0.15) is 12.5 Å². The molecule has 0 saturated carbocycles. The van der Waals surface area contributed by atoms with E-state index in [4.69, 9.17) is 0 Å². The maximum atomic E-state index is 10.00. The minimum atomic E-state index is -0.0440. The van der Waals surface area contributed by atoms with Gasteiger partial charge >= 0.3 is 0 Å². The molecule has 2 aromatic carbocycles. The van der Waals surface area contributed by atoms with Crippen LogP contribution < -0.4 is 4.80 Å². The number of hydrogen-bond donors (Lipinski definition) is 2. The fraction of sp³-hybridized carbons (Fsp3) is 0.100. The molecule has 0 bridgehead atoms. The van der Waals surface area contributed by atoms with Crippen molar-refractivity contribution in [2.75, 3.05) is 6.54 Å². The maximum absolute atomic E-state index is 10.00. The Morgan fingerprint density at radius 2 is 2.04 bits per heavy atom. The Bertz CT molecular complexity index is 1080. The van der Waals surface area contributed by atoms with Gasteiger partial charge in [0.05, 0.1) is 18.5 Å². The molecule has 1 aromatic heterocycles. The molecule has 138 valence electrons. The lowest BCUT2D eigenvalue weighted by Gasteiger charge is -2.06. The summed E-state index contributed by atoms with van der Waals surface area (Å²) in [5.74, 6) is -0.0451. The van der Waals surface area contributed by atoms with Crippen molar-refractivity contribution in [3.63, 3.8) is 0 Å². The predicted octanol–water partition coefficient (Wildman–Crippen LogP) is 4.75. The van der Waals surface area contributed by atoms with E-state index in [9.17, 15) is 10.2 Å². The molecule has 0 aliphatic carbocycles. The van der Waals surface area contributed by atoms with Gasteiger partial charge in [-0.25, -0.2) is 4.68 Å². The molecule has 0 radical (unpaired) electrons. The largest absolute Gasteiger partial charge is 0.508 e. The van der Waals surface area contributed by atoms with Gasteiger partial charge in [0.15, 0.2) is 0 Å². The van der Waals surface area contributed by atoms with Gasteiger partial charge in [0.25, 0.3) is 0 Å². The van der Waals surface area contributed by atoms with Gasteiger partial charge in [0, 0.05) is 27.0 Å². The van der Waals surface area contributed by atoms with E-state index in [-0.39, 0.29) is 11.5 Å². The lowest BCUT2D eigenvalue weighted by Crippen LogP contribution is -2.13. The highest BCUT2D eigenvalue weighted by atomic mass is 79.9. The lowest BCUT2D eigenvalue weighted by molar-refractivity contribution is 0.450. The Hall–Kier alpha value is -2.64. The monoisotopic (exact) mass is 443 g/mol. The van der Waals surface area contributed by atoms with Crippen LogP contribution in [0.4, 0.5) is 0 Å². The first-order valence-corrected chi connectivity index (χ1v) is 9.79. The summed E-state index contributed by atoms with van der Waals surface area (Å²) in [5, 5.41) is 26.0. The van der Waals surface area contributed by atoms with Crippen molar-refractivity contribution < 1.29 is 10.2 Å². The van der Waals surface area contributed by atoms with Gasteiger partial charge in [-0.3, -0.25) is 4.99 Å².